The number of ketones is 2. The molecule has 1 saturated carbocycles. The highest BCUT2D eigenvalue weighted by Gasteiger charge is 2.89. The van der Waals surface area contributed by atoms with Crippen molar-refractivity contribution in [3.05, 3.63) is 111 Å². The summed E-state index contributed by atoms with van der Waals surface area (Å²) >= 11 is 6.03. The van der Waals surface area contributed by atoms with Crippen molar-refractivity contribution in [3.63, 3.8) is 0 Å². The first-order chi connectivity index (χ1) is 17.4. The Morgan fingerprint density at radius 2 is 1.61 bits per heavy atom. The summed E-state index contributed by atoms with van der Waals surface area (Å²) in [4.78, 5) is 55.1. The molecule has 178 valence electrons. The molecule has 36 heavy (non-hydrogen) atoms. The van der Waals surface area contributed by atoms with Crippen LogP contribution in [-0.2, 0) is 4.79 Å². The molecule has 4 aromatic rings. The van der Waals surface area contributed by atoms with E-state index in [1.165, 1.54) is 6.07 Å². The van der Waals surface area contributed by atoms with Crippen LogP contribution in [0.15, 0.2) is 88.1 Å². The van der Waals surface area contributed by atoms with E-state index >= 15 is 0 Å². The monoisotopic (exact) mass is 498 g/mol. The number of carbonyl (C=O) groups is 3. The minimum atomic E-state index is -1.90. The summed E-state index contributed by atoms with van der Waals surface area (Å²) in [5, 5.41) is 0.986. The average molecular weight is 499 g/mol. The van der Waals surface area contributed by atoms with E-state index in [1.54, 1.807) is 79.7 Å². The van der Waals surface area contributed by atoms with Gasteiger partial charge in [-0.25, -0.2) is 4.79 Å². The first kappa shape index (κ1) is 22.4. The van der Waals surface area contributed by atoms with Crippen LogP contribution in [0.4, 0.5) is 0 Å². The van der Waals surface area contributed by atoms with Crippen LogP contribution in [-0.4, -0.2) is 17.5 Å². The third-order valence-electron chi connectivity index (χ3n) is 7.61. The lowest BCUT2D eigenvalue weighted by atomic mass is 9.79. The zero-order valence-electron chi connectivity index (χ0n) is 19.1. The molecule has 1 aliphatic heterocycles. The molecule has 0 radical (unpaired) electrons. The highest BCUT2D eigenvalue weighted by atomic mass is 35.5. The number of para-hydroxylation sites is 2. The normalized spacial score (nSPS) is 23.9. The van der Waals surface area contributed by atoms with E-state index in [-0.39, 0.29) is 17.8 Å². The molecule has 2 heterocycles. The fourth-order valence-electron chi connectivity index (χ4n) is 6.00. The van der Waals surface area contributed by atoms with Gasteiger partial charge in [-0.05, 0) is 48.9 Å². The molecule has 1 aromatic heterocycles. The van der Waals surface area contributed by atoms with Gasteiger partial charge in [0.2, 0.25) is 0 Å². The Labute approximate surface area is 210 Å². The quantitative estimate of drug-likeness (QED) is 0.117. The van der Waals surface area contributed by atoms with Crippen molar-refractivity contribution in [3.8, 4) is 5.75 Å². The van der Waals surface area contributed by atoms with Gasteiger partial charge in [-0.1, -0.05) is 54.9 Å². The van der Waals surface area contributed by atoms with Crippen molar-refractivity contribution in [2.45, 2.75) is 19.3 Å². The first-order valence-corrected chi connectivity index (χ1v) is 11.9. The SMILES string of the molecule is CCC1(C(=O)c2ccc(Cl)cc2)C2c3ccccc3OC(=O)C21C(=O)c1cc2ccccc2oc1=O. The van der Waals surface area contributed by atoms with E-state index in [0.29, 0.717) is 32.9 Å². The molecule has 0 spiro atoms. The number of esters is 1. The Bertz CT molecular complexity index is 1650. The molecule has 3 aromatic carbocycles. The molecular weight excluding hydrogens is 480 g/mol. The summed E-state index contributed by atoms with van der Waals surface area (Å²) in [6, 6.07) is 21.4. The lowest BCUT2D eigenvalue weighted by Crippen LogP contribution is -2.41. The molecule has 6 rings (SSSR count). The van der Waals surface area contributed by atoms with Crippen LogP contribution in [0, 0.1) is 10.8 Å². The maximum atomic E-state index is 14.3. The van der Waals surface area contributed by atoms with Crippen LogP contribution < -0.4 is 10.4 Å². The molecule has 3 unspecified atom stereocenters. The predicted molar refractivity (Wildman–Crippen MR) is 133 cm³/mol. The summed E-state index contributed by atoms with van der Waals surface area (Å²) in [6.45, 7) is 1.76. The molecule has 0 bridgehead atoms. The molecule has 7 heteroatoms. The molecule has 2 aliphatic rings. The van der Waals surface area contributed by atoms with Crippen LogP contribution >= 0.6 is 11.6 Å². The van der Waals surface area contributed by atoms with Crippen molar-refractivity contribution in [1.82, 2.24) is 0 Å². The Kier molecular flexibility index (Phi) is 4.82. The molecular formula is C29H19ClO6. The van der Waals surface area contributed by atoms with Gasteiger partial charge in [-0.15, -0.1) is 0 Å². The molecule has 0 amide bonds. The van der Waals surface area contributed by atoms with E-state index < -0.39 is 34.1 Å². The van der Waals surface area contributed by atoms with E-state index in [1.807, 2.05) is 0 Å². The highest BCUT2D eigenvalue weighted by molar-refractivity contribution is 6.31. The van der Waals surface area contributed by atoms with Crippen molar-refractivity contribution in [1.29, 1.82) is 0 Å². The number of benzene rings is 3. The fourth-order valence-corrected chi connectivity index (χ4v) is 6.12. The molecule has 3 atom stereocenters. The van der Waals surface area contributed by atoms with Crippen LogP contribution in [0.5, 0.6) is 5.75 Å². The number of halogens is 1. The lowest BCUT2D eigenvalue weighted by Gasteiger charge is -2.23. The Morgan fingerprint density at radius 3 is 2.36 bits per heavy atom. The fraction of sp³-hybridized carbons (Fsp3) is 0.172. The Morgan fingerprint density at radius 1 is 0.917 bits per heavy atom. The Hall–Kier alpha value is -4.03. The van der Waals surface area contributed by atoms with Crippen molar-refractivity contribution in [2.75, 3.05) is 0 Å². The van der Waals surface area contributed by atoms with Gasteiger partial charge in [0.05, 0.1) is 5.41 Å². The van der Waals surface area contributed by atoms with Crippen molar-refractivity contribution in [2.24, 2.45) is 10.8 Å². The minimum Gasteiger partial charge on any atom is -0.425 e. The zero-order valence-corrected chi connectivity index (χ0v) is 19.9. The third kappa shape index (κ3) is 2.73. The zero-order chi connectivity index (χ0) is 25.2. The molecule has 0 N–H and O–H groups in total. The second kappa shape index (κ2) is 7.73. The summed E-state index contributed by atoms with van der Waals surface area (Å²) in [5.74, 6) is -2.47. The maximum absolute atomic E-state index is 14.3. The van der Waals surface area contributed by atoms with Gasteiger partial charge in [0, 0.05) is 27.5 Å². The highest BCUT2D eigenvalue weighted by Crippen LogP contribution is 2.80. The summed E-state index contributed by atoms with van der Waals surface area (Å²) in [7, 11) is 0. The van der Waals surface area contributed by atoms with Gasteiger partial charge >= 0.3 is 11.6 Å². The van der Waals surface area contributed by atoms with Gasteiger partial charge in [-0.3, -0.25) is 14.4 Å². The number of hydrogen-bond donors (Lipinski definition) is 0. The second-order valence-electron chi connectivity index (χ2n) is 9.14. The van der Waals surface area contributed by atoms with Gasteiger partial charge in [0.1, 0.15) is 16.9 Å². The number of ether oxygens (including phenoxy) is 1. The van der Waals surface area contributed by atoms with Gasteiger partial charge in [0.25, 0.3) is 0 Å². The van der Waals surface area contributed by atoms with Crippen LogP contribution in [0.2, 0.25) is 5.02 Å². The minimum absolute atomic E-state index is 0.174. The van der Waals surface area contributed by atoms with Gasteiger partial charge in [-0.2, -0.15) is 0 Å². The van der Waals surface area contributed by atoms with Crippen LogP contribution in [0.1, 0.15) is 45.5 Å². The van der Waals surface area contributed by atoms with Crippen LogP contribution in [0.3, 0.4) is 0 Å². The van der Waals surface area contributed by atoms with E-state index in [4.69, 9.17) is 20.8 Å². The number of fused-ring (bicyclic) bond motifs is 4. The predicted octanol–water partition coefficient (Wildman–Crippen LogP) is 5.61. The first-order valence-electron chi connectivity index (χ1n) is 11.6. The number of Topliss-reactive ketones (excluding diaryl/α,β-unsaturated/α-hetero) is 2. The van der Waals surface area contributed by atoms with E-state index in [9.17, 15) is 19.2 Å². The molecule has 6 nitrogen and oxygen atoms in total. The van der Waals surface area contributed by atoms with Crippen LogP contribution in [0.25, 0.3) is 11.0 Å². The lowest BCUT2D eigenvalue weighted by molar-refractivity contribution is -0.140. The standard InChI is InChI=1S/C29H19ClO6/c1-2-28(24(31)16-11-13-18(30)14-12-16)23-19-8-4-6-10-22(19)36-27(34)29(23,28)25(32)20-15-17-7-3-5-9-21(17)35-26(20)33/h3-15,23H,2H2,1H3. The largest absolute Gasteiger partial charge is 0.425 e. The number of carbonyl (C=O) groups excluding carboxylic acids is 3. The molecule has 1 fully saturated rings. The molecule has 0 saturated heterocycles. The summed E-state index contributed by atoms with van der Waals surface area (Å²) in [6.07, 6.45) is 0.174. The number of rotatable bonds is 5. The van der Waals surface area contributed by atoms with Crippen molar-refractivity contribution >= 4 is 40.1 Å². The van der Waals surface area contributed by atoms with E-state index in [0.717, 1.165) is 0 Å². The summed E-state index contributed by atoms with van der Waals surface area (Å²) < 4.78 is 11.1. The van der Waals surface area contributed by atoms with Gasteiger partial charge < -0.3 is 9.15 Å². The Balaban J connectivity index is 1.60. The van der Waals surface area contributed by atoms with Gasteiger partial charge in [0.15, 0.2) is 17.0 Å². The topological polar surface area (TPSA) is 90.7 Å². The average Bonchev–Trinajstić information content (AvgIpc) is 3.54. The van der Waals surface area contributed by atoms with E-state index in [2.05, 4.69) is 0 Å². The third-order valence-corrected chi connectivity index (χ3v) is 7.87. The number of hydrogen-bond acceptors (Lipinski definition) is 6. The van der Waals surface area contributed by atoms with Crippen molar-refractivity contribution < 1.29 is 23.5 Å². The maximum Gasteiger partial charge on any atom is 0.347 e. The summed E-state index contributed by atoms with van der Waals surface area (Å²) in [5.41, 5.74) is -3.27. The smallest absolute Gasteiger partial charge is 0.347 e. The molecule has 1 aliphatic carbocycles. The second-order valence-corrected chi connectivity index (χ2v) is 9.58.